The highest BCUT2D eigenvalue weighted by atomic mass is 16.5. The van der Waals surface area contributed by atoms with Crippen LogP contribution in [-0.2, 0) is 4.79 Å². The van der Waals surface area contributed by atoms with E-state index in [4.69, 9.17) is 4.74 Å². The highest BCUT2D eigenvalue weighted by Gasteiger charge is 2.15. The summed E-state index contributed by atoms with van der Waals surface area (Å²) in [7, 11) is 0. The van der Waals surface area contributed by atoms with Crippen molar-refractivity contribution in [3.63, 3.8) is 0 Å². The molecule has 1 heterocycles. The Balaban J connectivity index is 1.63. The number of carbonyl (C=O) groups excluding carboxylic acids is 1. The maximum Gasteiger partial charge on any atom is 0.265 e. The van der Waals surface area contributed by atoms with Crippen LogP contribution < -0.4 is 10.1 Å². The summed E-state index contributed by atoms with van der Waals surface area (Å²) in [6.07, 6.45) is 0.897. The minimum atomic E-state index is -0.611. The van der Waals surface area contributed by atoms with Gasteiger partial charge in [0.05, 0.1) is 5.69 Å². The van der Waals surface area contributed by atoms with Gasteiger partial charge in [-0.1, -0.05) is 6.07 Å². The Kier molecular flexibility index (Phi) is 4.74. The first-order valence-electron chi connectivity index (χ1n) is 7.90. The fourth-order valence-corrected chi connectivity index (χ4v) is 2.48. The summed E-state index contributed by atoms with van der Waals surface area (Å²) in [5.74, 6) is 0.475. The van der Waals surface area contributed by atoms with Gasteiger partial charge in [0, 0.05) is 5.69 Å². The van der Waals surface area contributed by atoms with Gasteiger partial charge in [0.25, 0.3) is 5.91 Å². The van der Waals surface area contributed by atoms with E-state index in [0.717, 1.165) is 16.8 Å². The molecule has 0 bridgehead atoms. The second-order valence-electron chi connectivity index (χ2n) is 5.87. The molecule has 1 N–H and O–H groups in total. The molecule has 0 saturated carbocycles. The second-order valence-corrected chi connectivity index (χ2v) is 5.87. The monoisotopic (exact) mass is 337 g/mol. The van der Waals surface area contributed by atoms with Crippen molar-refractivity contribution in [1.82, 2.24) is 20.2 Å². The minimum absolute atomic E-state index is 0.214. The third-order valence-electron chi connectivity index (χ3n) is 3.63. The number of anilines is 1. The molecular formula is C18H19N5O2. The van der Waals surface area contributed by atoms with E-state index >= 15 is 0 Å². The number of nitrogens with zero attached hydrogens (tertiary/aromatic N) is 4. The standard InChI is InChI=1S/C18H19N5O2/c1-12-8-13(2)10-17(9-12)25-14(3)18(24)20-15-4-6-16(7-5-15)23-11-19-21-22-23/h4-11,14H,1-3H3,(H,20,24)/t14-/m1/s1. The second kappa shape index (κ2) is 7.12. The normalized spacial score (nSPS) is 11.8. The zero-order valence-corrected chi connectivity index (χ0v) is 14.3. The van der Waals surface area contributed by atoms with Crippen LogP contribution in [0.3, 0.4) is 0 Å². The lowest BCUT2D eigenvalue weighted by Gasteiger charge is -2.16. The van der Waals surface area contributed by atoms with Crippen LogP contribution in [0.5, 0.6) is 5.75 Å². The van der Waals surface area contributed by atoms with Crippen molar-refractivity contribution < 1.29 is 9.53 Å². The molecule has 2 aromatic carbocycles. The molecule has 0 saturated heterocycles. The average molecular weight is 337 g/mol. The maximum atomic E-state index is 12.3. The van der Waals surface area contributed by atoms with Gasteiger partial charge < -0.3 is 10.1 Å². The lowest BCUT2D eigenvalue weighted by atomic mass is 10.1. The van der Waals surface area contributed by atoms with Gasteiger partial charge in [0.15, 0.2) is 6.10 Å². The first kappa shape index (κ1) is 16.6. The summed E-state index contributed by atoms with van der Waals surface area (Å²) in [4.78, 5) is 12.3. The van der Waals surface area contributed by atoms with Crippen LogP contribution in [0, 0.1) is 13.8 Å². The Morgan fingerprint density at radius 1 is 1.12 bits per heavy atom. The van der Waals surface area contributed by atoms with Gasteiger partial charge in [-0.2, -0.15) is 0 Å². The average Bonchev–Trinajstić information content (AvgIpc) is 3.09. The summed E-state index contributed by atoms with van der Waals surface area (Å²) in [6.45, 7) is 5.72. The molecule has 0 unspecified atom stereocenters. The fourth-order valence-electron chi connectivity index (χ4n) is 2.48. The number of amides is 1. The van der Waals surface area contributed by atoms with Crippen molar-refractivity contribution in [1.29, 1.82) is 0 Å². The number of tetrazole rings is 1. The van der Waals surface area contributed by atoms with E-state index < -0.39 is 6.10 Å². The van der Waals surface area contributed by atoms with E-state index in [1.54, 1.807) is 19.1 Å². The van der Waals surface area contributed by atoms with Gasteiger partial charge in [-0.05, 0) is 78.7 Å². The summed E-state index contributed by atoms with van der Waals surface area (Å²) >= 11 is 0. The van der Waals surface area contributed by atoms with Gasteiger partial charge in [-0.25, -0.2) is 4.68 Å². The zero-order valence-electron chi connectivity index (χ0n) is 14.3. The SMILES string of the molecule is Cc1cc(C)cc(O[C@H](C)C(=O)Nc2ccc(-n3cnnn3)cc2)c1. The predicted octanol–water partition coefficient (Wildman–Crippen LogP) is 2.69. The van der Waals surface area contributed by atoms with E-state index in [1.165, 1.54) is 11.0 Å². The molecule has 1 amide bonds. The molecule has 1 aromatic heterocycles. The smallest absolute Gasteiger partial charge is 0.265 e. The van der Waals surface area contributed by atoms with E-state index in [0.29, 0.717) is 11.4 Å². The zero-order chi connectivity index (χ0) is 17.8. The minimum Gasteiger partial charge on any atom is -0.481 e. The van der Waals surface area contributed by atoms with Crippen molar-refractivity contribution in [2.45, 2.75) is 26.9 Å². The molecule has 7 nitrogen and oxygen atoms in total. The third-order valence-corrected chi connectivity index (χ3v) is 3.63. The Bertz CT molecular complexity index is 839. The number of benzene rings is 2. The molecule has 25 heavy (non-hydrogen) atoms. The topological polar surface area (TPSA) is 81.9 Å². The maximum absolute atomic E-state index is 12.3. The fraction of sp³-hybridized carbons (Fsp3) is 0.222. The number of hydrogen-bond acceptors (Lipinski definition) is 5. The first-order chi connectivity index (χ1) is 12.0. The molecule has 7 heteroatoms. The lowest BCUT2D eigenvalue weighted by molar-refractivity contribution is -0.122. The molecule has 0 fully saturated rings. The van der Waals surface area contributed by atoms with Crippen molar-refractivity contribution in [2.75, 3.05) is 5.32 Å². The Morgan fingerprint density at radius 2 is 1.80 bits per heavy atom. The number of ether oxygens (including phenoxy) is 1. The van der Waals surface area contributed by atoms with Crippen LogP contribution in [0.4, 0.5) is 5.69 Å². The lowest BCUT2D eigenvalue weighted by Crippen LogP contribution is -2.30. The van der Waals surface area contributed by atoms with Gasteiger partial charge in [-0.15, -0.1) is 5.10 Å². The molecule has 1 atom stereocenters. The number of hydrogen-bond donors (Lipinski definition) is 1. The van der Waals surface area contributed by atoms with Gasteiger partial charge in [-0.3, -0.25) is 4.79 Å². The number of nitrogens with one attached hydrogen (secondary N) is 1. The Morgan fingerprint density at radius 3 is 2.40 bits per heavy atom. The first-order valence-corrected chi connectivity index (χ1v) is 7.90. The van der Waals surface area contributed by atoms with Crippen LogP contribution >= 0.6 is 0 Å². The van der Waals surface area contributed by atoms with Crippen LogP contribution in [-0.4, -0.2) is 32.2 Å². The molecule has 0 spiro atoms. The molecule has 0 radical (unpaired) electrons. The Hall–Kier alpha value is -3.22. The molecule has 3 rings (SSSR count). The van der Waals surface area contributed by atoms with Crippen molar-refractivity contribution in [3.8, 4) is 11.4 Å². The van der Waals surface area contributed by atoms with Gasteiger partial charge in [0.1, 0.15) is 12.1 Å². The van der Waals surface area contributed by atoms with Crippen LogP contribution in [0.2, 0.25) is 0 Å². The quantitative estimate of drug-likeness (QED) is 0.774. The Labute approximate surface area is 145 Å². The van der Waals surface area contributed by atoms with Crippen LogP contribution in [0.25, 0.3) is 5.69 Å². The number of aryl methyl sites for hydroxylation is 2. The van der Waals surface area contributed by atoms with Crippen LogP contribution in [0.1, 0.15) is 18.1 Å². The predicted molar refractivity (Wildman–Crippen MR) is 93.8 cm³/mol. The van der Waals surface area contributed by atoms with E-state index in [9.17, 15) is 4.79 Å². The third kappa shape index (κ3) is 4.20. The summed E-state index contributed by atoms with van der Waals surface area (Å²) < 4.78 is 7.29. The highest BCUT2D eigenvalue weighted by molar-refractivity contribution is 5.94. The largest absolute Gasteiger partial charge is 0.481 e. The van der Waals surface area contributed by atoms with E-state index in [2.05, 4.69) is 26.9 Å². The summed E-state index contributed by atoms with van der Waals surface area (Å²) in [5.41, 5.74) is 3.68. The molecule has 0 aliphatic carbocycles. The molecule has 0 aliphatic heterocycles. The number of aromatic nitrogens is 4. The molecule has 0 aliphatic rings. The number of carbonyl (C=O) groups is 1. The highest BCUT2D eigenvalue weighted by Crippen LogP contribution is 2.18. The van der Waals surface area contributed by atoms with Crippen molar-refractivity contribution >= 4 is 11.6 Å². The molecule has 3 aromatic rings. The van der Waals surface area contributed by atoms with E-state index in [1.807, 2.05) is 38.1 Å². The molecule has 128 valence electrons. The van der Waals surface area contributed by atoms with Gasteiger partial charge in [0.2, 0.25) is 0 Å². The molecular weight excluding hydrogens is 318 g/mol. The van der Waals surface area contributed by atoms with Gasteiger partial charge >= 0.3 is 0 Å². The number of rotatable bonds is 5. The summed E-state index contributed by atoms with van der Waals surface area (Å²) in [5, 5.41) is 13.8. The summed E-state index contributed by atoms with van der Waals surface area (Å²) in [6, 6.07) is 13.1. The van der Waals surface area contributed by atoms with Crippen LogP contribution in [0.15, 0.2) is 48.8 Å². The van der Waals surface area contributed by atoms with E-state index in [-0.39, 0.29) is 5.91 Å². The van der Waals surface area contributed by atoms with Crippen molar-refractivity contribution in [3.05, 3.63) is 59.9 Å². The van der Waals surface area contributed by atoms with Crippen molar-refractivity contribution in [2.24, 2.45) is 0 Å².